The van der Waals surface area contributed by atoms with Gasteiger partial charge >= 0.3 is 0 Å². The Balaban J connectivity index is 2.82. The van der Waals surface area contributed by atoms with E-state index in [4.69, 9.17) is 0 Å². The van der Waals surface area contributed by atoms with Crippen LogP contribution >= 0.6 is 49.9 Å². The Morgan fingerprint density at radius 1 is 1.43 bits per heavy atom. The smallest absolute Gasteiger partial charge is 0.0706 e. The van der Waals surface area contributed by atoms with E-state index in [0.717, 1.165) is 11.8 Å². The van der Waals surface area contributed by atoms with Gasteiger partial charge in [0.25, 0.3) is 0 Å². The molecule has 0 fully saturated rings. The SMILES string of the molecule is CCc1cccc2sc(I)c(CBr)c12. The molecule has 2 rings (SSSR count). The van der Waals surface area contributed by atoms with Crippen LogP contribution in [0.25, 0.3) is 10.1 Å². The molecule has 0 amide bonds. The molecule has 3 heteroatoms. The number of rotatable bonds is 2. The number of hydrogen-bond acceptors (Lipinski definition) is 1. The zero-order valence-corrected chi connectivity index (χ0v) is 12.4. The van der Waals surface area contributed by atoms with Crippen LogP contribution in [0, 0.1) is 2.88 Å². The Labute approximate surface area is 110 Å². The van der Waals surface area contributed by atoms with Gasteiger partial charge in [-0.05, 0) is 46.2 Å². The minimum absolute atomic E-state index is 0.961. The van der Waals surface area contributed by atoms with E-state index in [9.17, 15) is 0 Å². The maximum atomic E-state index is 3.57. The maximum absolute atomic E-state index is 3.57. The number of alkyl halides is 1. The van der Waals surface area contributed by atoms with Crippen LogP contribution in [0.15, 0.2) is 18.2 Å². The molecule has 0 aliphatic heterocycles. The lowest BCUT2D eigenvalue weighted by atomic mass is 10.1. The lowest BCUT2D eigenvalue weighted by molar-refractivity contribution is 1.16. The quantitative estimate of drug-likeness (QED) is 0.510. The van der Waals surface area contributed by atoms with Crippen LogP contribution in [-0.4, -0.2) is 0 Å². The molecule has 0 atom stereocenters. The first-order valence-electron chi connectivity index (χ1n) is 4.52. The lowest BCUT2D eigenvalue weighted by Gasteiger charge is -2.01. The molecule has 0 aliphatic carbocycles. The fourth-order valence-corrected chi connectivity index (χ4v) is 5.11. The van der Waals surface area contributed by atoms with E-state index in [1.807, 2.05) is 11.3 Å². The molecule has 14 heavy (non-hydrogen) atoms. The Hall–Kier alpha value is 0.390. The molecule has 1 aromatic carbocycles. The van der Waals surface area contributed by atoms with Gasteiger partial charge < -0.3 is 0 Å². The second kappa shape index (κ2) is 4.49. The molecule has 1 heterocycles. The van der Waals surface area contributed by atoms with Crippen molar-refractivity contribution in [3.63, 3.8) is 0 Å². The van der Waals surface area contributed by atoms with Crippen molar-refractivity contribution in [1.29, 1.82) is 0 Å². The molecule has 0 saturated heterocycles. The first-order valence-corrected chi connectivity index (χ1v) is 7.54. The number of fused-ring (bicyclic) bond motifs is 1. The number of benzene rings is 1. The Bertz CT molecular complexity index is 462. The third kappa shape index (κ3) is 1.74. The topological polar surface area (TPSA) is 0 Å². The van der Waals surface area contributed by atoms with Gasteiger partial charge in [-0.15, -0.1) is 11.3 Å². The molecule has 0 radical (unpaired) electrons. The van der Waals surface area contributed by atoms with Gasteiger partial charge in [0.15, 0.2) is 0 Å². The van der Waals surface area contributed by atoms with E-state index in [2.05, 4.69) is 63.6 Å². The summed E-state index contributed by atoms with van der Waals surface area (Å²) in [4.78, 5) is 0. The van der Waals surface area contributed by atoms with Crippen LogP contribution in [-0.2, 0) is 11.8 Å². The minimum Gasteiger partial charge on any atom is -0.129 e. The predicted molar refractivity (Wildman–Crippen MR) is 76.6 cm³/mol. The third-order valence-electron chi connectivity index (χ3n) is 2.37. The number of aryl methyl sites for hydroxylation is 1. The average molecular weight is 381 g/mol. The molecule has 0 bridgehead atoms. The highest BCUT2D eigenvalue weighted by molar-refractivity contribution is 14.1. The summed E-state index contributed by atoms with van der Waals surface area (Å²) in [6, 6.07) is 6.61. The lowest BCUT2D eigenvalue weighted by Crippen LogP contribution is -1.84. The number of halogens is 2. The molecule has 0 N–H and O–H groups in total. The molecule has 0 aliphatic rings. The summed E-state index contributed by atoms with van der Waals surface area (Å²) >= 11 is 7.90. The highest BCUT2D eigenvalue weighted by atomic mass is 127. The van der Waals surface area contributed by atoms with E-state index in [1.54, 1.807) is 0 Å². The van der Waals surface area contributed by atoms with E-state index in [-0.39, 0.29) is 0 Å². The van der Waals surface area contributed by atoms with Gasteiger partial charge in [0.2, 0.25) is 0 Å². The number of thiophene rings is 1. The van der Waals surface area contributed by atoms with E-state index in [0.29, 0.717) is 0 Å². The Morgan fingerprint density at radius 2 is 2.21 bits per heavy atom. The van der Waals surface area contributed by atoms with Crippen LogP contribution in [0.1, 0.15) is 18.1 Å². The van der Waals surface area contributed by atoms with E-state index in [1.165, 1.54) is 24.1 Å². The van der Waals surface area contributed by atoms with Crippen LogP contribution < -0.4 is 0 Å². The summed E-state index contributed by atoms with van der Waals surface area (Å²) < 4.78 is 2.83. The first kappa shape index (κ1) is 10.9. The highest BCUT2D eigenvalue weighted by Crippen LogP contribution is 2.35. The summed E-state index contributed by atoms with van der Waals surface area (Å²) in [5.74, 6) is 0. The summed E-state index contributed by atoms with van der Waals surface area (Å²) in [6.07, 6.45) is 1.12. The maximum Gasteiger partial charge on any atom is 0.0706 e. The van der Waals surface area contributed by atoms with Gasteiger partial charge in [-0.2, -0.15) is 0 Å². The largest absolute Gasteiger partial charge is 0.129 e. The van der Waals surface area contributed by atoms with Crippen molar-refractivity contribution in [2.24, 2.45) is 0 Å². The summed E-state index contributed by atoms with van der Waals surface area (Å²) in [6.45, 7) is 2.22. The molecule has 74 valence electrons. The molecule has 1 aromatic heterocycles. The summed E-state index contributed by atoms with van der Waals surface area (Å²) in [5, 5.41) is 2.43. The summed E-state index contributed by atoms with van der Waals surface area (Å²) in [7, 11) is 0. The second-order valence-electron chi connectivity index (χ2n) is 3.13. The van der Waals surface area contributed by atoms with Gasteiger partial charge in [-0.25, -0.2) is 0 Å². The van der Waals surface area contributed by atoms with Gasteiger partial charge in [-0.3, -0.25) is 0 Å². The van der Waals surface area contributed by atoms with Gasteiger partial charge in [0.05, 0.1) is 2.88 Å². The average Bonchev–Trinajstić information content (AvgIpc) is 2.52. The fourth-order valence-electron chi connectivity index (χ4n) is 1.67. The van der Waals surface area contributed by atoms with E-state index < -0.39 is 0 Å². The van der Waals surface area contributed by atoms with Crippen molar-refractivity contribution in [3.8, 4) is 0 Å². The van der Waals surface area contributed by atoms with Crippen molar-refractivity contribution in [2.45, 2.75) is 18.7 Å². The summed E-state index contributed by atoms with van der Waals surface area (Å²) in [5.41, 5.74) is 2.93. The second-order valence-corrected chi connectivity index (χ2v) is 6.56. The van der Waals surface area contributed by atoms with Crippen LogP contribution in [0.4, 0.5) is 0 Å². The molecule has 0 spiro atoms. The van der Waals surface area contributed by atoms with Gasteiger partial charge in [-0.1, -0.05) is 35.0 Å². The minimum atomic E-state index is 0.961. The highest BCUT2D eigenvalue weighted by Gasteiger charge is 2.11. The zero-order chi connectivity index (χ0) is 10.1. The van der Waals surface area contributed by atoms with Crippen molar-refractivity contribution >= 4 is 59.9 Å². The van der Waals surface area contributed by atoms with Crippen molar-refractivity contribution in [2.75, 3.05) is 0 Å². The Morgan fingerprint density at radius 3 is 2.86 bits per heavy atom. The van der Waals surface area contributed by atoms with Crippen molar-refractivity contribution < 1.29 is 0 Å². The van der Waals surface area contributed by atoms with Crippen molar-refractivity contribution in [3.05, 3.63) is 32.2 Å². The fraction of sp³-hybridized carbons (Fsp3) is 0.273. The van der Waals surface area contributed by atoms with Crippen LogP contribution in [0.5, 0.6) is 0 Å². The molecule has 0 nitrogen and oxygen atoms in total. The zero-order valence-electron chi connectivity index (χ0n) is 7.81. The number of hydrogen-bond donors (Lipinski definition) is 0. The van der Waals surface area contributed by atoms with Crippen LogP contribution in [0.2, 0.25) is 0 Å². The molecular weight excluding hydrogens is 371 g/mol. The molecule has 0 unspecified atom stereocenters. The standard InChI is InChI=1S/C11H10BrIS/c1-2-7-4-3-5-9-10(7)8(6-12)11(13)14-9/h3-5H,2,6H2,1H3. The van der Waals surface area contributed by atoms with Crippen molar-refractivity contribution in [1.82, 2.24) is 0 Å². The molecular formula is C11H10BrIS. The van der Waals surface area contributed by atoms with Gasteiger partial charge in [0.1, 0.15) is 0 Å². The van der Waals surface area contributed by atoms with Crippen LogP contribution in [0.3, 0.4) is 0 Å². The predicted octanol–water partition coefficient (Wildman–Crippen LogP) is 4.96. The van der Waals surface area contributed by atoms with E-state index >= 15 is 0 Å². The molecule has 2 aromatic rings. The van der Waals surface area contributed by atoms with Gasteiger partial charge in [0, 0.05) is 15.4 Å². The third-order valence-corrected chi connectivity index (χ3v) is 5.22. The molecule has 0 saturated carbocycles. The monoisotopic (exact) mass is 380 g/mol. The first-order chi connectivity index (χ1) is 6.77. The Kier molecular flexibility index (Phi) is 3.50. The normalized spacial score (nSPS) is 11.1.